The molecule has 4 nitrogen and oxygen atoms in total. The molecule has 1 unspecified atom stereocenters. The SMILES string of the molecule is COC(=O)CCC(C#N)CCC#N. The van der Waals surface area contributed by atoms with Gasteiger partial charge in [0.2, 0.25) is 0 Å². The number of methoxy groups -OCH3 is 1. The van der Waals surface area contributed by atoms with Gasteiger partial charge in [0.25, 0.3) is 0 Å². The maximum atomic E-state index is 10.7. The average Bonchev–Trinajstić information content (AvgIpc) is 2.17. The summed E-state index contributed by atoms with van der Waals surface area (Å²) >= 11 is 0. The highest BCUT2D eigenvalue weighted by Gasteiger charge is 2.09. The summed E-state index contributed by atoms with van der Waals surface area (Å²) in [5.74, 6) is -0.518. The van der Waals surface area contributed by atoms with Crippen molar-refractivity contribution in [3.8, 4) is 12.1 Å². The van der Waals surface area contributed by atoms with Crippen LogP contribution in [0.4, 0.5) is 0 Å². The molecule has 0 rings (SSSR count). The third-order valence-electron chi connectivity index (χ3n) is 1.71. The Kier molecular flexibility index (Phi) is 6.27. The minimum atomic E-state index is -0.308. The molecule has 0 aromatic carbocycles. The molecule has 0 bridgehead atoms. The molecule has 1 atom stereocenters. The van der Waals surface area contributed by atoms with E-state index in [4.69, 9.17) is 10.5 Å². The van der Waals surface area contributed by atoms with Crippen molar-refractivity contribution in [2.45, 2.75) is 25.7 Å². The van der Waals surface area contributed by atoms with Gasteiger partial charge in [0.1, 0.15) is 0 Å². The van der Waals surface area contributed by atoms with E-state index in [1.165, 1.54) is 7.11 Å². The molecule has 0 aromatic heterocycles. The highest BCUT2D eigenvalue weighted by molar-refractivity contribution is 5.69. The standard InChI is InChI=1S/C9H12N2O2/c1-13-9(12)5-4-8(7-11)3-2-6-10/h8H,2-5H2,1H3. The van der Waals surface area contributed by atoms with Crippen molar-refractivity contribution in [2.24, 2.45) is 5.92 Å². The van der Waals surface area contributed by atoms with Crippen LogP contribution in [0.1, 0.15) is 25.7 Å². The fourth-order valence-electron chi connectivity index (χ4n) is 0.906. The molecule has 4 heteroatoms. The lowest BCUT2D eigenvalue weighted by molar-refractivity contribution is -0.140. The number of nitriles is 2. The second kappa shape index (κ2) is 7.12. The lowest BCUT2D eigenvalue weighted by Gasteiger charge is -2.04. The van der Waals surface area contributed by atoms with E-state index in [2.05, 4.69) is 10.8 Å². The van der Waals surface area contributed by atoms with Crippen LogP contribution in [0.5, 0.6) is 0 Å². The van der Waals surface area contributed by atoms with E-state index in [-0.39, 0.29) is 18.3 Å². The molecule has 0 aliphatic carbocycles. The third kappa shape index (κ3) is 5.69. The Morgan fingerprint density at radius 2 is 2.15 bits per heavy atom. The van der Waals surface area contributed by atoms with Gasteiger partial charge in [-0.2, -0.15) is 10.5 Å². The largest absolute Gasteiger partial charge is 0.469 e. The first-order chi connectivity index (χ1) is 6.24. The lowest BCUT2D eigenvalue weighted by Crippen LogP contribution is -2.04. The van der Waals surface area contributed by atoms with Crippen LogP contribution in [0.25, 0.3) is 0 Å². The maximum absolute atomic E-state index is 10.7. The zero-order valence-corrected chi connectivity index (χ0v) is 7.62. The van der Waals surface area contributed by atoms with E-state index in [0.717, 1.165) is 0 Å². The number of hydrogen-bond donors (Lipinski definition) is 0. The van der Waals surface area contributed by atoms with E-state index in [0.29, 0.717) is 19.3 Å². The van der Waals surface area contributed by atoms with Crippen molar-refractivity contribution in [1.82, 2.24) is 0 Å². The van der Waals surface area contributed by atoms with E-state index in [1.54, 1.807) is 0 Å². The Labute approximate surface area is 77.7 Å². The summed E-state index contributed by atoms with van der Waals surface area (Å²) in [7, 11) is 1.32. The predicted octanol–water partition coefficient (Wildman–Crippen LogP) is 1.38. The first-order valence-electron chi connectivity index (χ1n) is 4.08. The zero-order chi connectivity index (χ0) is 10.1. The van der Waals surface area contributed by atoms with Gasteiger partial charge in [-0.25, -0.2) is 0 Å². The molecular formula is C9H12N2O2. The molecule has 0 aromatic rings. The van der Waals surface area contributed by atoms with Crippen LogP contribution in [0.3, 0.4) is 0 Å². The number of rotatable bonds is 5. The predicted molar refractivity (Wildman–Crippen MR) is 45.2 cm³/mol. The number of ether oxygens (including phenoxy) is 1. The molecule has 0 heterocycles. The van der Waals surface area contributed by atoms with Crippen LogP contribution in [-0.4, -0.2) is 13.1 Å². The van der Waals surface area contributed by atoms with Crippen LogP contribution in [-0.2, 0) is 9.53 Å². The third-order valence-corrected chi connectivity index (χ3v) is 1.71. The molecule has 0 amide bonds. The quantitative estimate of drug-likeness (QED) is 0.599. The summed E-state index contributed by atoms with van der Waals surface area (Å²) in [5, 5.41) is 16.9. The number of hydrogen-bond acceptors (Lipinski definition) is 4. The highest BCUT2D eigenvalue weighted by atomic mass is 16.5. The van der Waals surface area contributed by atoms with E-state index in [9.17, 15) is 4.79 Å². The Morgan fingerprint density at radius 1 is 1.46 bits per heavy atom. The van der Waals surface area contributed by atoms with Crippen LogP contribution in [0.2, 0.25) is 0 Å². The Morgan fingerprint density at radius 3 is 2.62 bits per heavy atom. The minimum Gasteiger partial charge on any atom is -0.469 e. The molecular weight excluding hydrogens is 168 g/mol. The van der Waals surface area contributed by atoms with Crippen molar-refractivity contribution in [1.29, 1.82) is 10.5 Å². The van der Waals surface area contributed by atoms with Crippen LogP contribution in [0, 0.1) is 28.6 Å². The van der Waals surface area contributed by atoms with Gasteiger partial charge in [0.15, 0.2) is 0 Å². The zero-order valence-electron chi connectivity index (χ0n) is 7.62. The van der Waals surface area contributed by atoms with E-state index in [1.807, 2.05) is 6.07 Å². The average molecular weight is 180 g/mol. The maximum Gasteiger partial charge on any atom is 0.305 e. The second-order valence-electron chi connectivity index (χ2n) is 2.64. The number of carbonyl (C=O) groups is 1. The fraction of sp³-hybridized carbons (Fsp3) is 0.667. The summed E-state index contributed by atoms with van der Waals surface area (Å²) in [6.45, 7) is 0. The molecule has 0 fully saturated rings. The monoisotopic (exact) mass is 180 g/mol. The lowest BCUT2D eigenvalue weighted by atomic mass is 10.00. The van der Waals surface area contributed by atoms with Gasteiger partial charge in [0, 0.05) is 18.8 Å². The van der Waals surface area contributed by atoms with Crippen molar-refractivity contribution in [3.05, 3.63) is 0 Å². The summed E-state index contributed by atoms with van der Waals surface area (Å²) in [6, 6.07) is 4.02. The second-order valence-corrected chi connectivity index (χ2v) is 2.64. The first kappa shape index (κ1) is 11.4. The van der Waals surface area contributed by atoms with Crippen LogP contribution < -0.4 is 0 Å². The number of esters is 1. The molecule has 0 spiro atoms. The number of nitrogens with zero attached hydrogens (tertiary/aromatic N) is 2. The number of carbonyl (C=O) groups excluding carboxylic acids is 1. The van der Waals surface area contributed by atoms with E-state index < -0.39 is 0 Å². The van der Waals surface area contributed by atoms with Crippen molar-refractivity contribution in [3.63, 3.8) is 0 Å². The van der Waals surface area contributed by atoms with Crippen LogP contribution in [0.15, 0.2) is 0 Å². The normalized spacial score (nSPS) is 11.0. The van der Waals surface area contributed by atoms with Gasteiger partial charge in [0.05, 0.1) is 19.2 Å². The summed E-state index contributed by atoms with van der Waals surface area (Å²) in [4.78, 5) is 10.7. The fourth-order valence-corrected chi connectivity index (χ4v) is 0.906. The van der Waals surface area contributed by atoms with E-state index >= 15 is 0 Å². The molecule has 0 radical (unpaired) electrons. The Balaban J connectivity index is 3.68. The molecule has 0 saturated heterocycles. The van der Waals surface area contributed by atoms with Gasteiger partial charge >= 0.3 is 5.97 Å². The first-order valence-corrected chi connectivity index (χ1v) is 4.08. The highest BCUT2D eigenvalue weighted by Crippen LogP contribution is 2.12. The van der Waals surface area contributed by atoms with Crippen molar-refractivity contribution < 1.29 is 9.53 Å². The van der Waals surface area contributed by atoms with Gasteiger partial charge in [-0.05, 0) is 12.8 Å². The topological polar surface area (TPSA) is 73.9 Å². The van der Waals surface area contributed by atoms with Gasteiger partial charge < -0.3 is 4.74 Å². The van der Waals surface area contributed by atoms with Crippen LogP contribution >= 0.6 is 0 Å². The molecule has 13 heavy (non-hydrogen) atoms. The van der Waals surface area contributed by atoms with Gasteiger partial charge in [-0.3, -0.25) is 4.79 Å². The molecule has 0 aliphatic rings. The Hall–Kier alpha value is -1.55. The summed E-state index contributed by atoms with van der Waals surface area (Å²) in [6.07, 6.45) is 1.62. The molecule has 70 valence electrons. The molecule has 0 N–H and O–H groups in total. The summed E-state index contributed by atoms with van der Waals surface area (Å²) in [5.41, 5.74) is 0. The summed E-state index contributed by atoms with van der Waals surface area (Å²) < 4.78 is 4.44. The molecule has 0 saturated carbocycles. The Bertz CT molecular complexity index is 237. The minimum absolute atomic E-state index is 0.209. The molecule has 0 aliphatic heterocycles. The van der Waals surface area contributed by atoms with Crippen molar-refractivity contribution in [2.75, 3.05) is 7.11 Å². The van der Waals surface area contributed by atoms with Gasteiger partial charge in [-0.1, -0.05) is 0 Å². The van der Waals surface area contributed by atoms with Crippen molar-refractivity contribution >= 4 is 5.97 Å². The smallest absolute Gasteiger partial charge is 0.305 e. The van der Waals surface area contributed by atoms with Gasteiger partial charge in [-0.15, -0.1) is 0 Å².